The van der Waals surface area contributed by atoms with Crippen LogP contribution >= 0.6 is 15.9 Å². The number of benzene rings is 1. The van der Waals surface area contributed by atoms with Crippen LogP contribution in [-0.4, -0.2) is 0 Å². The van der Waals surface area contributed by atoms with Gasteiger partial charge in [-0.05, 0) is 54.7 Å². The van der Waals surface area contributed by atoms with Crippen molar-refractivity contribution in [3.63, 3.8) is 0 Å². The normalized spacial score (nSPS) is 22.1. The van der Waals surface area contributed by atoms with Crippen LogP contribution in [0.4, 0.5) is 0 Å². The molecule has 3 rings (SSSR count). The summed E-state index contributed by atoms with van der Waals surface area (Å²) in [5, 5.41) is 0. The zero-order valence-electron chi connectivity index (χ0n) is 8.30. The van der Waals surface area contributed by atoms with Crippen molar-refractivity contribution >= 4 is 15.9 Å². The third kappa shape index (κ3) is 1.52. The predicted molar refractivity (Wildman–Crippen MR) is 62.9 cm³/mol. The predicted octanol–water partition coefficient (Wildman–Crippen LogP) is 4.02. The number of hydrogen-bond donors (Lipinski definition) is 0. The summed E-state index contributed by atoms with van der Waals surface area (Å²) in [6, 6.07) is 7.09. The fraction of sp³-hybridized carbons (Fsp3) is 0.538. The van der Waals surface area contributed by atoms with E-state index in [2.05, 4.69) is 34.1 Å². The molecule has 1 unspecified atom stereocenters. The van der Waals surface area contributed by atoms with Crippen molar-refractivity contribution in [2.75, 3.05) is 0 Å². The van der Waals surface area contributed by atoms with Crippen LogP contribution in [0.2, 0.25) is 0 Å². The Kier molecular flexibility index (Phi) is 2.16. The van der Waals surface area contributed by atoms with Gasteiger partial charge in [0.15, 0.2) is 0 Å². The van der Waals surface area contributed by atoms with Gasteiger partial charge in [-0.25, -0.2) is 0 Å². The topological polar surface area (TPSA) is 0 Å². The molecule has 1 saturated carbocycles. The van der Waals surface area contributed by atoms with Gasteiger partial charge >= 0.3 is 0 Å². The molecule has 2 aliphatic rings. The van der Waals surface area contributed by atoms with Crippen LogP contribution in [0.15, 0.2) is 18.2 Å². The van der Waals surface area contributed by atoms with Crippen LogP contribution in [-0.2, 0) is 12.8 Å². The quantitative estimate of drug-likeness (QED) is 0.696. The maximum absolute atomic E-state index is 3.82. The van der Waals surface area contributed by atoms with E-state index in [1.165, 1.54) is 37.7 Å². The molecule has 0 radical (unpaired) electrons. The third-order valence-corrected chi connectivity index (χ3v) is 4.75. The second kappa shape index (κ2) is 3.37. The minimum atomic E-state index is 0.619. The Morgan fingerprint density at radius 2 is 1.93 bits per heavy atom. The molecular weight excluding hydrogens is 236 g/mol. The first kappa shape index (κ1) is 8.96. The third-order valence-electron chi connectivity index (χ3n) is 3.48. The fourth-order valence-electron chi connectivity index (χ4n) is 2.42. The average molecular weight is 251 g/mol. The lowest BCUT2D eigenvalue weighted by Crippen LogP contribution is -1.94. The van der Waals surface area contributed by atoms with Gasteiger partial charge in [-0.15, -0.1) is 0 Å². The Bertz CT molecular complexity index is 352. The molecule has 0 bridgehead atoms. The van der Waals surface area contributed by atoms with Crippen molar-refractivity contribution in [2.24, 2.45) is 5.92 Å². The largest absolute Gasteiger partial charge is 0.0836 e. The van der Waals surface area contributed by atoms with E-state index in [-0.39, 0.29) is 0 Å². The molecule has 1 aromatic carbocycles. The van der Waals surface area contributed by atoms with Gasteiger partial charge in [-0.2, -0.15) is 0 Å². The van der Waals surface area contributed by atoms with Crippen molar-refractivity contribution in [1.29, 1.82) is 0 Å². The highest BCUT2D eigenvalue weighted by Crippen LogP contribution is 2.46. The lowest BCUT2D eigenvalue weighted by atomic mass is 10.0. The first-order valence-corrected chi connectivity index (χ1v) is 6.52. The molecule has 14 heavy (non-hydrogen) atoms. The summed E-state index contributed by atoms with van der Waals surface area (Å²) >= 11 is 3.82. The Morgan fingerprint density at radius 1 is 1.14 bits per heavy atom. The number of aryl methyl sites for hydroxylation is 2. The number of halogens is 1. The van der Waals surface area contributed by atoms with Crippen molar-refractivity contribution in [2.45, 2.75) is 36.9 Å². The number of hydrogen-bond acceptors (Lipinski definition) is 0. The molecule has 0 aromatic heterocycles. The average Bonchev–Trinajstić information content (AvgIpc) is 2.95. The maximum Gasteiger partial charge on any atom is 0.0423 e. The molecule has 0 saturated heterocycles. The summed E-state index contributed by atoms with van der Waals surface area (Å²) in [6.45, 7) is 0. The van der Waals surface area contributed by atoms with Crippen molar-refractivity contribution in [1.82, 2.24) is 0 Å². The molecule has 74 valence electrons. The highest BCUT2D eigenvalue weighted by atomic mass is 79.9. The maximum atomic E-state index is 3.82. The second-order valence-corrected chi connectivity index (χ2v) is 5.61. The van der Waals surface area contributed by atoms with Gasteiger partial charge in [-0.1, -0.05) is 34.1 Å². The van der Waals surface area contributed by atoms with Gasteiger partial charge in [0.1, 0.15) is 0 Å². The monoisotopic (exact) mass is 250 g/mol. The Morgan fingerprint density at radius 3 is 2.71 bits per heavy atom. The zero-order chi connectivity index (χ0) is 9.54. The van der Waals surface area contributed by atoms with E-state index in [9.17, 15) is 0 Å². The molecule has 1 heteroatoms. The molecule has 0 nitrogen and oxygen atoms in total. The number of fused-ring (bicyclic) bond motifs is 1. The van der Waals surface area contributed by atoms with Gasteiger partial charge in [0, 0.05) is 4.83 Å². The highest BCUT2D eigenvalue weighted by molar-refractivity contribution is 9.09. The summed E-state index contributed by atoms with van der Waals surface area (Å²) < 4.78 is 0. The molecule has 0 aliphatic heterocycles. The summed E-state index contributed by atoms with van der Waals surface area (Å²) in [7, 11) is 0. The van der Waals surface area contributed by atoms with Gasteiger partial charge in [0.25, 0.3) is 0 Å². The van der Waals surface area contributed by atoms with Crippen LogP contribution < -0.4 is 0 Å². The summed E-state index contributed by atoms with van der Waals surface area (Å²) in [5.41, 5.74) is 4.70. The molecular formula is C13H15Br. The van der Waals surface area contributed by atoms with E-state index in [1.807, 2.05) is 0 Å². The van der Waals surface area contributed by atoms with Gasteiger partial charge in [0.2, 0.25) is 0 Å². The van der Waals surface area contributed by atoms with Gasteiger partial charge in [0.05, 0.1) is 0 Å². The Labute approximate surface area is 93.8 Å². The van der Waals surface area contributed by atoms with E-state index in [4.69, 9.17) is 0 Å². The first-order valence-electron chi connectivity index (χ1n) is 5.60. The standard InChI is InChI=1S/C13H15Br/c14-13(10-5-6-10)12-7-4-9-2-1-3-11(9)8-12/h4,7-8,10,13H,1-3,5-6H2. The molecule has 0 spiro atoms. The van der Waals surface area contributed by atoms with Crippen molar-refractivity contribution < 1.29 is 0 Å². The van der Waals surface area contributed by atoms with E-state index < -0.39 is 0 Å². The minimum Gasteiger partial charge on any atom is -0.0836 e. The molecule has 1 aromatic rings. The van der Waals surface area contributed by atoms with Crippen LogP contribution in [0.5, 0.6) is 0 Å². The zero-order valence-corrected chi connectivity index (χ0v) is 9.89. The SMILES string of the molecule is BrC(c1ccc2c(c1)CCC2)C1CC1. The fourth-order valence-corrected chi connectivity index (χ4v) is 3.24. The summed E-state index contributed by atoms with van der Waals surface area (Å²) in [6.07, 6.45) is 6.77. The van der Waals surface area contributed by atoms with Crippen molar-refractivity contribution in [3.05, 3.63) is 34.9 Å². The van der Waals surface area contributed by atoms with E-state index in [0.29, 0.717) is 4.83 Å². The molecule has 1 fully saturated rings. The van der Waals surface area contributed by atoms with Crippen molar-refractivity contribution in [3.8, 4) is 0 Å². The van der Waals surface area contributed by atoms with Crippen LogP contribution in [0, 0.1) is 5.92 Å². The first-order chi connectivity index (χ1) is 6.84. The van der Waals surface area contributed by atoms with Crippen LogP contribution in [0.1, 0.15) is 40.8 Å². The highest BCUT2D eigenvalue weighted by Gasteiger charge is 2.30. The minimum absolute atomic E-state index is 0.619. The molecule has 2 aliphatic carbocycles. The lowest BCUT2D eigenvalue weighted by Gasteiger charge is -2.10. The van der Waals surface area contributed by atoms with Crippen LogP contribution in [0.3, 0.4) is 0 Å². The van der Waals surface area contributed by atoms with E-state index in [1.54, 1.807) is 11.1 Å². The molecule has 0 heterocycles. The van der Waals surface area contributed by atoms with Gasteiger partial charge in [-0.3, -0.25) is 0 Å². The molecule has 0 amide bonds. The number of alkyl halides is 1. The van der Waals surface area contributed by atoms with Crippen LogP contribution in [0.25, 0.3) is 0 Å². The summed E-state index contributed by atoms with van der Waals surface area (Å²) in [5.74, 6) is 0.912. The Balaban J connectivity index is 1.91. The van der Waals surface area contributed by atoms with E-state index in [0.717, 1.165) is 5.92 Å². The molecule has 1 atom stereocenters. The van der Waals surface area contributed by atoms with E-state index >= 15 is 0 Å². The van der Waals surface area contributed by atoms with Gasteiger partial charge < -0.3 is 0 Å². The molecule has 0 N–H and O–H groups in total. The Hall–Kier alpha value is -0.300. The number of rotatable bonds is 2. The summed E-state index contributed by atoms with van der Waals surface area (Å²) in [4.78, 5) is 0.619. The smallest absolute Gasteiger partial charge is 0.0423 e. The lowest BCUT2D eigenvalue weighted by molar-refractivity contribution is 0.821. The second-order valence-electron chi connectivity index (χ2n) is 4.62.